The van der Waals surface area contributed by atoms with Gasteiger partial charge in [0, 0.05) is 23.7 Å². The van der Waals surface area contributed by atoms with Crippen molar-refractivity contribution in [2.45, 2.75) is 207 Å². The van der Waals surface area contributed by atoms with Crippen molar-refractivity contribution < 1.29 is 44.2 Å². The van der Waals surface area contributed by atoms with E-state index in [4.69, 9.17) is 19.3 Å². The molecule has 9 nitrogen and oxygen atoms in total. The van der Waals surface area contributed by atoms with Gasteiger partial charge in [-0.05, 0) is 160 Å². The summed E-state index contributed by atoms with van der Waals surface area (Å²) in [5.74, 6) is 0.486. The Morgan fingerprint density at radius 1 is 0.630 bits per heavy atom. The maximum Gasteiger partial charge on any atom is 0.306 e. The van der Waals surface area contributed by atoms with Crippen LogP contribution in [0.4, 0.5) is 0 Å². The number of aryl methyl sites for hydroxylation is 4. The van der Waals surface area contributed by atoms with Crippen molar-refractivity contribution in [3.05, 3.63) is 141 Å². The normalized spacial score (nSPS) is 16.2. The number of ether oxygens (including phenoxy) is 3. The van der Waals surface area contributed by atoms with Crippen LogP contribution < -0.4 is 9.47 Å². The molecule has 1 fully saturated rings. The molecule has 4 aromatic carbocycles. The number of carboxylic acids is 1. The molecule has 400 valence electrons. The predicted octanol–water partition coefficient (Wildman–Crippen LogP) is 14.4. The Balaban J connectivity index is 0.000000317. The third-order valence-electron chi connectivity index (χ3n) is 15.8. The summed E-state index contributed by atoms with van der Waals surface area (Å²) in [7, 11) is 0. The number of esters is 1. The fourth-order valence-corrected chi connectivity index (χ4v) is 10.6. The average Bonchev–Trinajstić information content (AvgIpc) is 3.80. The highest BCUT2D eigenvalue weighted by Gasteiger charge is 2.33. The fourth-order valence-electron chi connectivity index (χ4n) is 10.6. The van der Waals surface area contributed by atoms with Crippen molar-refractivity contribution in [1.82, 2.24) is 0 Å². The third kappa shape index (κ3) is 15.9. The smallest absolute Gasteiger partial charge is 0.306 e. The fraction of sp³-hybridized carbons (Fsp3) is 0.531. The first-order valence-electron chi connectivity index (χ1n) is 27.4. The molecule has 2 unspecified atom stereocenters. The Hall–Kier alpha value is -5.22. The van der Waals surface area contributed by atoms with Crippen molar-refractivity contribution in [2.75, 3.05) is 13.2 Å². The molecular formula is C64H90O9. The van der Waals surface area contributed by atoms with Crippen LogP contribution in [0.5, 0.6) is 11.5 Å². The summed E-state index contributed by atoms with van der Waals surface area (Å²) in [5, 5.41) is 40.5. The lowest BCUT2D eigenvalue weighted by molar-refractivity contribution is -0.142. The molecule has 0 radical (unpaired) electrons. The number of aliphatic hydroxyl groups excluding tert-OH is 1. The molecule has 9 heteroatoms. The molecule has 73 heavy (non-hydrogen) atoms. The summed E-state index contributed by atoms with van der Waals surface area (Å²) in [6, 6.07) is 26.1. The summed E-state index contributed by atoms with van der Waals surface area (Å²) < 4.78 is 17.1. The molecule has 1 heterocycles. The van der Waals surface area contributed by atoms with E-state index >= 15 is 0 Å². The van der Waals surface area contributed by atoms with Crippen molar-refractivity contribution >= 4 is 24.1 Å². The average molecular weight is 1000 g/mol. The molecule has 0 aromatic heterocycles. The van der Waals surface area contributed by atoms with Gasteiger partial charge in [-0.1, -0.05) is 153 Å². The van der Waals surface area contributed by atoms with E-state index < -0.39 is 23.3 Å². The van der Waals surface area contributed by atoms with Crippen LogP contribution in [0.25, 0.3) is 12.2 Å². The lowest BCUT2D eigenvalue weighted by Gasteiger charge is -2.34. The minimum atomic E-state index is -0.923. The molecule has 4 atom stereocenters. The molecule has 4 N–H and O–H groups in total. The van der Waals surface area contributed by atoms with Gasteiger partial charge in [0.15, 0.2) is 0 Å². The molecule has 0 saturated carbocycles. The van der Waals surface area contributed by atoms with E-state index in [1.54, 1.807) is 0 Å². The quantitative estimate of drug-likeness (QED) is 0.0429. The highest BCUT2D eigenvalue weighted by molar-refractivity contribution is 5.71. The molecule has 1 saturated heterocycles. The number of cyclic esters (lactones) is 1. The van der Waals surface area contributed by atoms with Gasteiger partial charge in [-0.15, -0.1) is 0 Å². The molecule has 1 aliphatic heterocycles. The van der Waals surface area contributed by atoms with E-state index in [0.717, 1.165) is 85.8 Å². The van der Waals surface area contributed by atoms with Crippen LogP contribution in [0.15, 0.2) is 84.9 Å². The van der Waals surface area contributed by atoms with Crippen LogP contribution in [0, 0.1) is 27.7 Å². The van der Waals surface area contributed by atoms with Gasteiger partial charge >= 0.3 is 11.9 Å². The van der Waals surface area contributed by atoms with Crippen molar-refractivity contribution in [3.8, 4) is 11.5 Å². The van der Waals surface area contributed by atoms with Crippen LogP contribution in [-0.2, 0) is 25.2 Å². The zero-order chi connectivity index (χ0) is 54.0. The summed E-state index contributed by atoms with van der Waals surface area (Å²) in [6.45, 7) is 26.0. The van der Waals surface area contributed by atoms with Gasteiger partial charge in [0.25, 0.3) is 0 Å². The Bertz CT molecular complexity index is 2460. The lowest BCUT2D eigenvalue weighted by atomic mass is 9.70. The number of carbonyl (C=O) groups is 2. The molecule has 1 aliphatic rings. The number of carboxylic acid groups (broad SMARTS) is 1. The van der Waals surface area contributed by atoms with E-state index in [0.29, 0.717) is 31.6 Å². The van der Waals surface area contributed by atoms with Crippen LogP contribution in [0.1, 0.15) is 201 Å². The van der Waals surface area contributed by atoms with Gasteiger partial charge in [0.1, 0.15) is 30.8 Å². The van der Waals surface area contributed by atoms with E-state index in [1.807, 2.05) is 39.0 Å². The number of benzene rings is 4. The van der Waals surface area contributed by atoms with Gasteiger partial charge < -0.3 is 34.6 Å². The number of aliphatic carboxylic acids is 1. The van der Waals surface area contributed by atoms with Crippen LogP contribution >= 0.6 is 0 Å². The first-order chi connectivity index (χ1) is 34.7. The second kappa shape index (κ2) is 27.9. The Labute approximate surface area is 439 Å². The number of rotatable bonds is 27. The number of carbonyl (C=O) groups excluding carboxylic acids is 1. The summed E-state index contributed by atoms with van der Waals surface area (Å²) in [6.07, 6.45) is 17.1. The van der Waals surface area contributed by atoms with Crippen LogP contribution in [0.2, 0.25) is 0 Å². The predicted molar refractivity (Wildman–Crippen MR) is 299 cm³/mol. The minimum absolute atomic E-state index is 0.0692. The largest absolute Gasteiger partial charge is 0.491 e. The summed E-state index contributed by atoms with van der Waals surface area (Å²) >= 11 is 0. The Kier molecular flexibility index (Phi) is 23.1. The van der Waals surface area contributed by atoms with Gasteiger partial charge in [0.2, 0.25) is 0 Å². The number of hydrogen-bond acceptors (Lipinski definition) is 8. The highest BCUT2D eigenvalue weighted by Crippen LogP contribution is 2.43. The van der Waals surface area contributed by atoms with E-state index in [-0.39, 0.29) is 42.4 Å². The van der Waals surface area contributed by atoms with Gasteiger partial charge in [-0.2, -0.15) is 0 Å². The first-order valence-corrected chi connectivity index (χ1v) is 27.4. The van der Waals surface area contributed by atoms with Gasteiger partial charge in [-0.25, -0.2) is 0 Å². The molecule has 0 spiro atoms. The third-order valence-corrected chi connectivity index (χ3v) is 15.8. The van der Waals surface area contributed by atoms with Gasteiger partial charge in [-0.3, -0.25) is 9.59 Å². The molecule has 5 rings (SSSR count). The van der Waals surface area contributed by atoms with Crippen molar-refractivity contribution in [1.29, 1.82) is 0 Å². The number of hydrogen-bond donors (Lipinski definition) is 4. The molecule has 0 amide bonds. The Morgan fingerprint density at radius 2 is 1.04 bits per heavy atom. The maximum absolute atomic E-state index is 11.4. The minimum Gasteiger partial charge on any atom is -0.491 e. The standard InChI is InChI=1S/C32H46O5.C32H44O4/c1-7-18-31(36,8-2)19-17-25-11-12-26(20-23(25)5)32(9-3,10-4)27-13-15-29(24(6)21-27)37-22-28(33)14-16-30(34)35;1-7-18-31(34,8-2)19-17-25-11-12-26(20-23(25)5)32(9-3,10-4)27-13-15-29(24(6)21-27)35-22-28-14-16-30(33)36-28/h11-13,15,17,19-21,28,33,36H,7-10,14,16,18,22H2,1-6H3,(H,34,35);11-13,15,17,19-21,28,34H,7-10,14,16,18,22H2,1-6H3/b2*19-17+/t2*28-,31?/m00/s1. The molecule has 4 aromatic rings. The molecule has 0 bridgehead atoms. The monoisotopic (exact) mass is 1000 g/mol. The first kappa shape index (κ1) is 60.3. The van der Waals surface area contributed by atoms with Crippen molar-refractivity contribution in [3.63, 3.8) is 0 Å². The highest BCUT2D eigenvalue weighted by atomic mass is 16.6. The zero-order valence-corrected chi connectivity index (χ0v) is 46.5. The van der Waals surface area contributed by atoms with Crippen LogP contribution in [0.3, 0.4) is 0 Å². The lowest BCUT2D eigenvalue weighted by Crippen LogP contribution is -2.26. The van der Waals surface area contributed by atoms with E-state index in [1.165, 1.54) is 33.4 Å². The number of aliphatic hydroxyl groups is 3. The van der Waals surface area contributed by atoms with Crippen LogP contribution in [-0.4, -0.2) is 69.0 Å². The van der Waals surface area contributed by atoms with Crippen molar-refractivity contribution in [2.24, 2.45) is 0 Å². The molecular weight excluding hydrogens is 913 g/mol. The second-order valence-corrected chi connectivity index (χ2v) is 20.6. The maximum atomic E-state index is 11.4. The SMILES string of the molecule is CCCC(O)(/C=C/c1ccc(C(CC)(CC)c2ccc(OC[C@@H](O)CCC(=O)O)c(C)c2)cc1C)CC.CCCC(O)(/C=C/c1ccc(C(CC)(CC)c2ccc(OC[C@@H]3CCC(=O)O3)c(C)c2)cc1C)CC. The summed E-state index contributed by atoms with van der Waals surface area (Å²) in [5.41, 5.74) is 10.1. The molecule has 0 aliphatic carbocycles. The van der Waals surface area contributed by atoms with E-state index in [9.17, 15) is 24.9 Å². The summed E-state index contributed by atoms with van der Waals surface area (Å²) in [4.78, 5) is 22.1. The zero-order valence-electron chi connectivity index (χ0n) is 46.5. The topological polar surface area (TPSA) is 143 Å². The second-order valence-electron chi connectivity index (χ2n) is 20.6. The Morgan fingerprint density at radius 3 is 1.38 bits per heavy atom. The van der Waals surface area contributed by atoms with E-state index in [2.05, 4.69) is 141 Å². The van der Waals surface area contributed by atoms with Gasteiger partial charge in [0.05, 0.1) is 17.3 Å².